The molecule has 1 aromatic heterocycles. The van der Waals surface area contributed by atoms with Gasteiger partial charge in [-0.05, 0) is 31.0 Å². The van der Waals surface area contributed by atoms with Crippen molar-refractivity contribution in [1.82, 2.24) is 4.90 Å². The lowest BCUT2D eigenvalue weighted by molar-refractivity contribution is 0.0958. The largest absolute Gasteiger partial charge is 0.478 e. The minimum atomic E-state index is -0.300. The van der Waals surface area contributed by atoms with E-state index in [1.165, 1.54) is 6.07 Å². The molecule has 0 atom stereocenters. The van der Waals surface area contributed by atoms with Gasteiger partial charge in [0.25, 0.3) is 0 Å². The molecule has 0 N–H and O–H groups in total. The van der Waals surface area contributed by atoms with Crippen molar-refractivity contribution in [2.75, 3.05) is 13.3 Å². The minimum absolute atomic E-state index is 0.300. The van der Waals surface area contributed by atoms with Crippen molar-refractivity contribution in [1.29, 1.82) is 0 Å². The van der Waals surface area contributed by atoms with Gasteiger partial charge < -0.3 is 9.15 Å². The van der Waals surface area contributed by atoms with Crippen LogP contribution in [-0.4, -0.2) is 18.2 Å². The van der Waals surface area contributed by atoms with Gasteiger partial charge in [-0.3, -0.25) is 4.90 Å². The quantitative estimate of drug-likeness (QED) is 0.778. The summed E-state index contributed by atoms with van der Waals surface area (Å²) in [6.07, 6.45) is 1.08. The molecule has 2 heterocycles. The number of fused-ring (bicyclic) bond motifs is 3. The summed E-state index contributed by atoms with van der Waals surface area (Å²) in [6, 6.07) is 5.46. The van der Waals surface area contributed by atoms with Crippen LogP contribution >= 0.6 is 0 Å². The minimum Gasteiger partial charge on any atom is -0.478 e. The zero-order valence-corrected chi connectivity index (χ0v) is 11.2. The maximum Gasteiger partial charge on any atom is 0.336 e. The van der Waals surface area contributed by atoms with Gasteiger partial charge in [-0.2, -0.15) is 0 Å². The summed E-state index contributed by atoms with van der Waals surface area (Å²) in [5.74, 6) is 0.827. The van der Waals surface area contributed by atoms with Gasteiger partial charge in [-0.25, -0.2) is 4.79 Å². The lowest BCUT2D eigenvalue weighted by atomic mass is 10.0. The summed E-state index contributed by atoms with van der Waals surface area (Å²) in [5.41, 5.74) is 2.30. The van der Waals surface area contributed by atoms with Gasteiger partial charge in [-0.15, -0.1) is 0 Å². The van der Waals surface area contributed by atoms with Crippen LogP contribution in [-0.2, 0) is 6.54 Å². The van der Waals surface area contributed by atoms with Crippen molar-refractivity contribution >= 4 is 11.0 Å². The fraction of sp³-hybridized carbons (Fsp3) is 0.400. The number of benzene rings is 1. The molecule has 4 heteroatoms. The van der Waals surface area contributed by atoms with E-state index in [0.29, 0.717) is 12.3 Å². The van der Waals surface area contributed by atoms with Gasteiger partial charge in [0.15, 0.2) is 0 Å². The van der Waals surface area contributed by atoms with Gasteiger partial charge >= 0.3 is 5.63 Å². The van der Waals surface area contributed by atoms with Crippen molar-refractivity contribution in [2.24, 2.45) is 0 Å². The fourth-order valence-electron chi connectivity index (χ4n) is 2.60. The first kappa shape index (κ1) is 12.2. The zero-order valence-electron chi connectivity index (χ0n) is 11.2. The summed E-state index contributed by atoms with van der Waals surface area (Å²) < 4.78 is 11.1. The van der Waals surface area contributed by atoms with Crippen molar-refractivity contribution in [3.8, 4) is 5.75 Å². The molecule has 1 aliphatic rings. The van der Waals surface area contributed by atoms with Crippen LogP contribution in [0.5, 0.6) is 5.75 Å². The van der Waals surface area contributed by atoms with Crippen molar-refractivity contribution < 1.29 is 9.15 Å². The van der Waals surface area contributed by atoms with E-state index in [2.05, 4.69) is 11.8 Å². The SMILES string of the molecule is CCCN1COc2ccc3c(C)cc(=O)oc3c2C1. The Morgan fingerprint density at radius 3 is 3.00 bits per heavy atom. The molecule has 0 saturated heterocycles. The molecular weight excluding hydrogens is 242 g/mol. The molecule has 0 unspecified atom stereocenters. The molecule has 0 aliphatic carbocycles. The molecule has 4 nitrogen and oxygen atoms in total. The molecule has 0 spiro atoms. The Kier molecular flexibility index (Phi) is 3.03. The first-order chi connectivity index (χ1) is 9.19. The van der Waals surface area contributed by atoms with Crippen LogP contribution < -0.4 is 10.4 Å². The normalized spacial score (nSPS) is 15.3. The molecule has 19 heavy (non-hydrogen) atoms. The van der Waals surface area contributed by atoms with Crippen LogP contribution in [0.2, 0.25) is 0 Å². The third-order valence-corrected chi connectivity index (χ3v) is 3.50. The maximum atomic E-state index is 11.6. The lowest BCUT2D eigenvalue weighted by Crippen LogP contribution is -2.32. The van der Waals surface area contributed by atoms with Gasteiger partial charge in [0.2, 0.25) is 0 Å². The molecular formula is C15H17NO3. The highest BCUT2D eigenvalue weighted by atomic mass is 16.5. The first-order valence-electron chi connectivity index (χ1n) is 6.60. The molecule has 1 aliphatic heterocycles. The first-order valence-corrected chi connectivity index (χ1v) is 6.60. The Morgan fingerprint density at radius 1 is 1.37 bits per heavy atom. The summed E-state index contributed by atoms with van der Waals surface area (Å²) in [6.45, 7) is 6.42. The van der Waals surface area contributed by atoms with Crippen molar-refractivity contribution in [3.05, 3.63) is 39.7 Å². The highest BCUT2D eigenvalue weighted by Gasteiger charge is 2.21. The predicted octanol–water partition coefficient (Wildman–Crippen LogP) is 2.66. The monoisotopic (exact) mass is 259 g/mol. The number of aryl methyl sites for hydroxylation is 1. The molecule has 3 rings (SSSR count). The molecule has 0 radical (unpaired) electrons. The molecule has 0 fully saturated rings. The maximum absolute atomic E-state index is 11.6. The van der Waals surface area contributed by atoms with Crippen LogP contribution in [0.3, 0.4) is 0 Å². The summed E-state index contributed by atoms with van der Waals surface area (Å²) >= 11 is 0. The van der Waals surface area contributed by atoms with Crippen LogP contribution in [0.1, 0.15) is 24.5 Å². The Balaban J connectivity index is 2.17. The molecule has 2 aromatic rings. The molecule has 1 aromatic carbocycles. The second-order valence-corrected chi connectivity index (χ2v) is 4.99. The lowest BCUT2D eigenvalue weighted by Gasteiger charge is -2.28. The van der Waals surface area contributed by atoms with E-state index in [9.17, 15) is 4.79 Å². The van der Waals surface area contributed by atoms with E-state index in [0.717, 1.165) is 41.8 Å². The molecule has 0 amide bonds. The Bertz CT molecular complexity index is 675. The number of nitrogens with zero attached hydrogens (tertiary/aromatic N) is 1. The van der Waals surface area contributed by atoms with E-state index in [4.69, 9.17) is 9.15 Å². The van der Waals surface area contributed by atoms with Gasteiger partial charge in [-0.1, -0.05) is 6.92 Å². The molecule has 0 bridgehead atoms. The second-order valence-electron chi connectivity index (χ2n) is 4.99. The van der Waals surface area contributed by atoms with E-state index < -0.39 is 0 Å². The number of rotatable bonds is 2. The van der Waals surface area contributed by atoms with Gasteiger partial charge in [0.05, 0.1) is 5.56 Å². The summed E-state index contributed by atoms with van der Waals surface area (Å²) in [7, 11) is 0. The van der Waals surface area contributed by atoms with Crippen LogP contribution in [0.25, 0.3) is 11.0 Å². The van der Waals surface area contributed by atoms with Gasteiger partial charge in [0, 0.05) is 24.5 Å². The highest BCUT2D eigenvalue weighted by Crippen LogP contribution is 2.32. The van der Waals surface area contributed by atoms with Crippen molar-refractivity contribution in [3.63, 3.8) is 0 Å². The highest BCUT2D eigenvalue weighted by molar-refractivity contribution is 5.85. The molecule has 100 valence electrons. The molecule has 0 saturated carbocycles. The standard InChI is InChI=1S/C15H17NO3/c1-3-6-16-8-12-13(18-9-16)5-4-11-10(2)7-14(17)19-15(11)12/h4-5,7H,3,6,8-9H2,1-2H3. The van der Waals surface area contributed by atoms with E-state index >= 15 is 0 Å². The Hall–Kier alpha value is -1.81. The van der Waals surface area contributed by atoms with Gasteiger partial charge in [0.1, 0.15) is 18.1 Å². The van der Waals surface area contributed by atoms with Crippen LogP contribution in [0.4, 0.5) is 0 Å². The number of hydrogen-bond acceptors (Lipinski definition) is 4. The van der Waals surface area contributed by atoms with E-state index in [1.54, 1.807) is 0 Å². The smallest absolute Gasteiger partial charge is 0.336 e. The Labute approximate surface area is 111 Å². The van der Waals surface area contributed by atoms with E-state index in [1.807, 2.05) is 19.1 Å². The number of hydrogen-bond donors (Lipinski definition) is 0. The summed E-state index contributed by atoms with van der Waals surface area (Å²) in [4.78, 5) is 13.8. The summed E-state index contributed by atoms with van der Waals surface area (Å²) in [5, 5.41) is 0.986. The number of ether oxygens (including phenoxy) is 1. The fourth-order valence-corrected chi connectivity index (χ4v) is 2.60. The van der Waals surface area contributed by atoms with Crippen molar-refractivity contribution in [2.45, 2.75) is 26.8 Å². The average molecular weight is 259 g/mol. The topological polar surface area (TPSA) is 42.7 Å². The third kappa shape index (κ3) is 2.12. The van der Waals surface area contributed by atoms with E-state index in [-0.39, 0.29) is 5.63 Å². The second kappa shape index (κ2) is 4.70. The average Bonchev–Trinajstić information content (AvgIpc) is 2.39. The predicted molar refractivity (Wildman–Crippen MR) is 73.4 cm³/mol. The van der Waals surface area contributed by atoms with Crippen LogP contribution in [0, 0.1) is 6.92 Å². The van der Waals surface area contributed by atoms with Crippen LogP contribution in [0.15, 0.2) is 27.4 Å². The zero-order chi connectivity index (χ0) is 13.4. The third-order valence-electron chi connectivity index (χ3n) is 3.50. The Morgan fingerprint density at radius 2 is 2.21 bits per heavy atom.